The second-order valence-corrected chi connectivity index (χ2v) is 7.21. The highest BCUT2D eigenvalue weighted by atomic mass is 79.9. The van der Waals surface area contributed by atoms with Crippen molar-refractivity contribution < 1.29 is 14.4 Å². The number of hydrogen-bond donors (Lipinski definition) is 2. The van der Waals surface area contributed by atoms with E-state index in [1.54, 1.807) is 84.9 Å². The second kappa shape index (κ2) is 10.3. The van der Waals surface area contributed by atoms with E-state index in [2.05, 4.69) is 31.8 Å². The number of ketones is 1. The monoisotopic (exact) mass is 463 g/mol. The average molecular weight is 464 g/mol. The predicted octanol–water partition coefficient (Wildman–Crippen LogP) is 4.45. The number of carbonyl (C=O) groups excluding carboxylic acids is 3. The fraction of sp³-hybridized carbons (Fsp3) is 0.0435. The minimum atomic E-state index is -0.574. The van der Waals surface area contributed by atoms with E-state index in [0.717, 1.165) is 4.47 Å². The summed E-state index contributed by atoms with van der Waals surface area (Å²) < 4.78 is 0.865. The van der Waals surface area contributed by atoms with Gasteiger partial charge in [0.25, 0.3) is 11.8 Å². The van der Waals surface area contributed by atoms with E-state index in [1.165, 1.54) is 0 Å². The maximum absolute atomic E-state index is 12.8. The minimum absolute atomic E-state index is 0.101. The first kappa shape index (κ1) is 21.1. The zero-order valence-corrected chi connectivity index (χ0v) is 17.4. The lowest BCUT2D eigenvalue weighted by Gasteiger charge is -2.09. The first-order valence-corrected chi connectivity index (χ1v) is 9.89. The van der Waals surface area contributed by atoms with Crippen LogP contribution in [0, 0.1) is 0 Å². The molecule has 0 radical (unpaired) electrons. The van der Waals surface area contributed by atoms with Gasteiger partial charge in [0.1, 0.15) is 5.71 Å². The molecule has 0 aliphatic heterocycles. The van der Waals surface area contributed by atoms with E-state index in [-0.39, 0.29) is 17.9 Å². The van der Waals surface area contributed by atoms with Crippen LogP contribution < -0.4 is 10.7 Å². The number of hydrazone groups is 1. The molecule has 0 saturated heterocycles. The van der Waals surface area contributed by atoms with Crippen LogP contribution in [0.15, 0.2) is 94.5 Å². The van der Waals surface area contributed by atoms with Crippen molar-refractivity contribution in [2.45, 2.75) is 6.42 Å². The van der Waals surface area contributed by atoms with Crippen LogP contribution >= 0.6 is 15.9 Å². The molecule has 3 rings (SSSR count). The number of anilines is 1. The molecule has 0 saturated carbocycles. The number of nitrogens with zero attached hydrogens (tertiary/aromatic N) is 1. The van der Waals surface area contributed by atoms with Crippen molar-refractivity contribution in [1.82, 2.24) is 5.43 Å². The Labute approximate surface area is 182 Å². The average Bonchev–Trinajstić information content (AvgIpc) is 2.79. The summed E-state index contributed by atoms with van der Waals surface area (Å²) in [6, 6.07) is 24.1. The van der Waals surface area contributed by atoms with Crippen molar-refractivity contribution >= 4 is 44.9 Å². The third kappa shape index (κ3) is 5.96. The van der Waals surface area contributed by atoms with E-state index in [9.17, 15) is 14.4 Å². The molecule has 2 amide bonds. The lowest BCUT2D eigenvalue weighted by atomic mass is 10.1. The second-order valence-electron chi connectivity index (χ2n) is 6.29. The lowest BCUT2D eigenvalue weighted by molar-refractivity contribution is -0.110. The van der Waals surface area contributed by atoms with Crippen molar-refractivity contribution in [3.63, 3.8) is 0 Å². The molecule has 6 nitrogen and oxygen atoms in total. The summed E-state index contributed by atoms with van der Waals surface area (Å²) in [5.41, 5.74) is 3.65. The van der Waals surface area contributed by atoms with E-state index in [1.807, 2.05) is 0 Å². The number of rotatable bonds is 7. The van der Waals surface area contributed by atoms with Crippen molar-refractivity contribution in [2.75, 3.05) is 5.32 Å². The Kier molecular flexibility index (Phi) is 7.24. The Hall–Kier alpha value is -3.58. The molecular formula is C23H18BrN3O3. The fourth-order valence-corrected chi connectivity index (χ4v) is 2.82. The van der Waals surface area contributed by atoms with Crippen LogP contribution in [0.4, 0.5) is 5.69 Å². The molecule has 2 N–H and O–H groups in total. The van der Waals surface area contributed by atoms with Gasteiger partial charge in [0.05, 0.1) is 6.42 Å². The fourth-order valence-electron chi connectivity index (χ4n) is 2.56. The van der Waals surface area contributed by atoms with Gasteiger partial charge in [-0.15, -0.1) is 0 Å². The molecule has 3 aromatic rings. The summed E-state index contributed by atoms with van der Waals surface area (Å²) in [6.07, 6.45) is -0.262. The van der Waals surface area contributed by atoms with Gasteiger partial charge in [-0.1, -0.05) is 64.5 Å². The van der Waals surface area contributed by atoms with Crippen LogP contribution in [0.3, 0.4) is 0 Å². The molecule has 150 valence electrons. The number of carbonyl (C=O) groups is 3. The Balaban J connectivity index is 1.79. The maximum atomic E-state index is 12.8. The SMILES string of the molecule is O=C(Nc1ccc(Br)cc1)C(CC(=O)c1ccccc1)=NNC(=O)c1ccccc1. The molecule has 0 spiro atoms. The molecular weight excluding hydrogens is 446 g/mol. The van der Waals surface area contributed by atoms with Gasteiger partial charge in [0.2, 0.25) is 0 Å². The van der Waals surface area contributed by atoms with E-state index >= 15 is 0 Å². The van der Waals surface area contributed by atoms with Gasteiger partial charge in [-0.25, -0.2) is 5.43 Å². The van der Waals surface area contributed by atoms with Crippen molar-refractivity contribution in [2.24, 2.45) is 5.10 Å². The van der Waals surface area contributed by atoms with Crippen LogP contribution in [0.1, 0.15) is 27.1 Å². The van der Waals surface area contributed by atoms with Crippen molar-refractivity contribution in [1.29, 1.82) is 0 Å². The van der Waals surface area contributed by atoms with E-state index in [4.69, 9.17) is 0 Å². The third-order valence-electron chi connectivity index (χ3n) is 4.12. The number of hydrogen-bond acceptors (Lipinski definition) is 4. The summed E-state index contributed by atoms with van der Waals surface area (Å²) in [4.78, 5) is 37.6. The number of amides is 2. The topological polar surface area (TPSA) is 87.6 Å². The summed E-state index contributed by atoms with van der Waals surface area (Å²) >= 11 is 3.33. The summed E-state index contributed by atoms with van der Waals surface area (Å²) in [7, 11) is 0. The predicted molar refractivity (Wildman–Crippen MR) is 120 cm³/mol. The molecule has 0 bridgehead atoms. The molecule has 30 heavy (non-hydrogen) atoms. The highest BCUT2D eigenvalue weighted by Crippen LogP contribution is 2.14. The molecule has 3 aromatic carbocycles. The number of benzene rings is 3. The number of nitrogens with one attached hydrogen (secondary N) is 2. The zero-order chi connectivity index (χ0) is 21.3. The Morgan fingerprint density at radius 3 is 1.93 bits per heavy atom. The molecule has 0 aliphatic carbocycles. The van der Waals surface area contributed by atoms with Gasteiger partial charge in [0.15, 0.2) is 5.78 Å². The van der Waals surface area contributed by atoms with Crippen LogP contribution in [-0.2, 0) is 4.79 Å². The zero-order valence-electron chi connectivity index (χ0n) is 15.8. The molecule has 0 aromatic heterocycles. The maximum Gasteiger partial charge on any atom is 0.272 e. The Bertz CT molecular complexity index is 1070. The standard InChI is InChI=1S/C23H18BrN3O3/c24-18-11-13-19(14-12-18)25-23(30)20(15-21(28)16-7-3-1-4-8-16)26-27-22(29)17-9-5-2-6-10-17/h1-14H,15H2,(H,25,30)(H,27,29). The van der Waals surface area contributed by atoms with Gasteiger partial charge in [-0.2, -0.15) is 5.10 Å². The van der Waals surface area contributed by atoms with Gasteiger partial charge < -0.3 is 5.32 Å². The molecule has 7 heteroatoms. The van der Waals surface area contributed by atoms with E-state index in [0.29, 0.717) is 16.8 Å². The summed E-state index contributed by atoms with van der Waals surface area (Å²) in [6.45, 7) is 0. The normalized spacial score (nSPS) is 10.9. The summed E-state index contributed by atoms with van der Waals surface area (Å²) in [5, 5.41) is 6.65. The quantitative estimate of drug-likeness (QED) is 0.308. The highest BCUT2D eigenvalue weighted by molar-refractivity contribution is 9.10. The van der Waals surface area contributed by atoms with Crippen molar-refractivity contribution in [3.05, 3.63) is 101 Å². The first-order valence-electron chi connectivity index (χ1n) is 9.10. The van der Waals surface area contributed by atoms with Crippen LogP contribution in [0.2, 0.25) is 0 Å². The van der Waals surface area contributed by atoms with Gasteiger partial charge >= 0.3 is 0 Å². The Morgan fingerprint density at radius 1 is 0.767 bits per heavy atom. The highest BCUT2D eigenvalue weighted by Gasteiger charge is 2.18. The van der Waals surface area contributed by atoms with E-state index < -0.39 is 11.8 Å². The van der Waals surface area contributed by atoms with Crippen molar-refractivity contribution in [3.8, 4) is 0 Å². The third-order valence-corrected chi connectivity index (χ3v) is 4.65. The molecule has 0 heterocycles. The van der Waals surface area contributed by atoms with Crippen LogP contribution in [0.25, 0.3) is 0 Å². The molecule has 0 fully saturated rings. The largest absolute Gasteiger partial charge is 0.321 e. The lowest BCUT2D eigenvalue weighted by Crippen LogP contribution is -2.29. The first-order chi connectivity index (χ1) is 14.5. The van der Waals surface area contributed by atoms with Gasteiger partial charge in [-0.05, 0) is 36.4 Å². The molecule has 0 aliphatic rings. The summed E-state index contributed by atoms with van der Waals surface area (Å²) in [5.74, 6) is -1.33. The van der Waals surface area contributed by atoms with Crippen LogP contribution in [0.5, 0.6) is 0 Å². The van der Waals surface area contributed by atoms with Gasteiger partial charge in [0, 0.05) is 21.3 Å². The minimum Gasteiger partial charge on any atom is -0.321 e. The van der Waals surface area contributed by atoms with Crippen LogP contribution in [-0.4, -0.2) is 23.3 Å². The molecule has 0 atom stereocenters. The molecule has 0 unspecified atom stereocenters. The number of halogens is 1. The smallest absolute Gasteiger partial charge is 0.272 e. The number of Topliss-reactive ketones (excluding diaryl/α,β-unsaturated/α-hetero) is 1. The van der Waals surface area contributed by atoms with Gasteiger partial charge in [-0.3, -0.25) is 14.4 Å². The Morgan fingerprint density at radius 2 is 1.33 bits per heavy atom.